The van der Waals surface area contributed by atoms with E-state index >= 15 is 0 Å². The Bertz CT molecular complexity index is 838. The molecule has 2 aromatic rings. The van der Waals surface area contributed by atoms with Gasteiger partial charge in [-0.3, -0.25) is 9.59 Å². The molecule has 0 saturated heterocycles. The van der Waals surface area contributed by atoms with Gasteiger partial charge in [-0.15, -0.1) is 0 Å². The molecular weight excluding hydrogens is 334 g/mol. The van der Waals surface area contributed by atoms with Gasteiger partial charge in [0.1, 0.15) is 11.5 Å². The van der Waals surface area contributed by atoms with Gasteiger partial charge in [-0.05, 0) is 43.4 Å². The molecule has 0 fully saturated rings. The summed E-state index contributed by atoms with van der Waals surface area (Å²) in [7, 11) is 3.06. The van der Waals surface area contributed by atoms with Gasteiger partial charge >= 0.3 is 0 Å². The average Bonchev–Trinajstić information content (AvgIpc) is 2.67. The first-order valence-corrected chi connectivity index (χ1v) is 8.72. The zero-order valence-corrected chi connectivity index (χ0v) is 15.1. The molecule has 1 aliphatic carbocycles. The van der Waals surface area contributed by atoms with Gasteiger partial charge in [0.25, 0.3) is 11.5 Å². The average molecular weight is 357 g/mol. The van der Waals surface area contributed by atoms with Crippen molar-refractivity contribution in [3.05, 3.63) is 51.4 Å². The standard InChI is InChI=1S/C19H23N3O4/c1-25-15-9-14(10-16(12-15)26-2)19(24)20-7-8-22-18(23)11-13-5-3-4-6-17(13)21-22/h9-12H,3-8H2,1-2H3,(H,20,24). The van der Waals surface area contributed by atoms with Crippen LogP contribution in [0, 0.1) is 0 Å². The van der Waals surface area contributed by atoms with Crippen LogP contribution in [0.5, 0.6) is 11.5 Å². The van der Waals surface area contributed by atoms with Crippen LogP contribution in [0.3, 0.4) is 0 Å². The number of rotatable bonds is 6. The predicted octanol–water partition coefficient (Wildman–Crippen LogP) is 1.57. The van der Waals surface area contributed by atoms with Crippen molar-refractivity contribution in [2.45, 2.75) is 32.2 Å². The van der Waals surface area contributed by atoms with E-state index in [1.807, 2.05) is 0 Å². The van der Waals surface area contributed by atoms with Crippen LogP contribution >= 0.6 is 0 Å². The van der Waals surface area contributed by atoms with Crippen molar-refractivity contribution in [1.82, 2.24) is 15.1 Å². The van der Waals surface area contributed by atoms with Crippen LogP contribution in [-0.4, -0.2) is 36.5 Å². The van der Waals surface area contributed by atoms with Gasteiger partial charge in [0.15, 0.2) is 0 Å². The molecule has 7 nitrogen and oxygen atoms in total. The topological polar surface area (TPSA) is 82.4 Å². The van der Waals surface area contributed by atoms with Crippen LogP contribution in [0.4, 0.5) is 0 Å². The number of hydrogen-bond donors (Lipinski definition) is 1. The molecule has 1 N–H and O–H groups in total. The van der Waals surface area contributed by atoms with Gasteiger partial charge in [0, 0.05) is 24.2 Å². The molecule has 0 unspecified atom stereocenters. The molecule has 1 heterocycles. The van der Waals surface area contributed by atoms with Gasteiger partial charge in [-0.25, -0.2) is 4.68 Å². The second-order valence-corrected chi connectivity index (χ2v) is 6.24. The molecule has 7 heteroatoms. The van der Waals surface area contributed by atoms with E-state index in [4.69, 9.17) is 9.47 Å². The summed E-state index contributed by atoms with van der Waals surface area (Å²) in [6.45, 7) is 0.642. The maximum absolute atomic E-state index is 12.4. The minimum atomic E-state index is -0.256. The molecule has 0 aliphatic heterocycles. The van der Waals surface area contributed by atoms with Gasteiger partial charge in [-0.1, -0.05) is 0 Å². The van der Waals surface area contributed by atoms with Gasteiger partial charge in [0.2, 0.25) is 0 Å². The lowest BCUT2D eigenvalue weighted by atomic mass is 9.97. The van der Waals surface area contributed by atoms with Gasteiger partial charge in [0.05, 0.1) is 26.5 Å². The van der Waals surface area contributed by atoms with Crippen LogP contribution in [0.25, 0.3) is 0 Å². The molecule has 1 aromatic heterocycles. The highest BCUT2D eigenvalue weighted by Crippen LogP contribution is 2.22. The first kappa shape index (κ1) is 18.0. The minimum absolute atomic E-state index is 0.122. The maximum Gasteiger partial charge on any atom is 0.267 e. The van der Waals surface area contributed by atoms with Crippen molar-refractivity contribution in [2.24, 2.45) is 0 Å². The smallest absolute Gasteiger partial charge is 0.267 e. The highest BCUT2D eigenvalue weighted by molar-refractivity contribution is 5.95. The van der Waals surface area contributed by atoms with Crippen LogP contribution in [-0.2, 0) is 19.4 Å². The minimum Gasteiger partial charge on any atom is -0.497 e. The molecule has 0 spiro atoms. The van der Waals surface area contributed by atoms with E-state index in [9.17, 15) is 9.59 Å². The molecule has 1 aromatic carbocycles. The van der Waals surface area contributed by atoms with E-state index in [0.29, 0.717) is 30.2 Å². The third-order valence-corrected chi connectivity index (χ3v) is 4.50. The monoisotopic (exact) mass is 357 g/mol. The third kappa shape index (κ3) is 4.04. The Morgan fingerprint density at radius 3 is 2.50 bits per heavy atom. The number of fused-ring (bicyclic) bond motifs is 1. The molecule has 1 aliphatic rings. The second kappa shape index (κ2) is 8.03. The lowest BCUT2D eigenvalue weighted by molar-refractivity contribution is 0.0951. The number of carbonyl (C=O) groups is 1. The Morgan fingerprint density at radius 1 is 1.12 bits per heavy atom. The van der Waals surface area contributed by atoms with Crippen LogP contribution in [0.1, 0.15) is 34.5 Å². The number of aryl methyl sites for hydroxylation is 2. The van der Waals surface area contributed by atoms with Crippen molar-refractivity contribution < 1.29 is 14.3 Å². The fourth-order valence-electron chi connectivity index (χ4n) is 3.08. The number of ether oxygens (including phenoxy) is 2. The Balaban J connectivity index is 1.65. The Labute approximate surface area is 151 Å². The van der Waals surface area contributed by atoms with Gasteiger partial charge < -0.3 is 14.8 Å². The molecule has 0 saturated carbocycles. The fraction of sp³-hybridized carbons (Fsp3) is 0.421. The third-order valence-electron chi connectivity index (χ3n) is 4.50. The van der Waals surface area contributed by atoms with Crippen molar-refractivity contribution in [2.75, 3.05) is 20.8 Å². The summed E-state index contributed by atoms with van der Waals surface area (Å²) < 4.78 is 11.8. The van der Waals surface area contributed by atoms with Crippen molar-refractivity contribution in [3.63, 3.8) is 0 Å². The van der Waals surface area contributed by atoms with E-state index in [0.717, 1.165) is 36.9 Å². The van der Waals surface area contributed by atoms with Gasteiger partial charge in [-0.2, -0.15) is 5.10 Å². The molecule has 0 radical (unpaired) electrons. The largest absolute Gasteiger partial charge is 0.497 e. The zero-order valence-electron chi connectivity index (χ0n) is 15.1. The normalized spacial score (nSPS) is 13.0. The SMILES string of the molecule is COc1cc(OC)cc(C(=O)NCCn2nc3c(cc2=O)CCCC3)c1. The van der Waals surface area contributed by atoms with Crippen molar-refractivity contribution in [1.29, 1.82) is 0 Å². The summed E-state index contributed by atoms with van der Waals surface area (Å²) in [5, 5.41) is 7.26. The van der Waals surface area contributed by atoms with E-state index in [1.165, 1.54) is 18.9 Å². The number of hydrogen-bond acceptors (Lipinski definition) is 5. The summed E-state index contributed by atoms with van der Waals surface area (Å²) in [5.74, 6) is 0.831. The lowest BCUT2D eigenvalue weighted by Gasteiger charge is -2.16. The van der Waals surface area contributed by atoms with Crippen molar-refractivity contribution >= 4 is 5.91 Å². The van der Waals surface area contributed by atoms with E-state index in [1.54, 1.807) is 24.3 Å². The summed E-state index contributed by atoms with van der Waals surface area (Å²) in [5.41, 5.74) is 2.37. The first-order valence-electron chi connectivity index (χ1n) is 8.72. The second-order valence-electron chi connectivity index (χ2n) is 6.24. The quantitative estimate of drug-likeness (QED) is 0.849. The number of carbonyl (C=O) groups excluding carboxylic acids is 1. The first-order chi connectivity index (χ1) is 12.6. The molecular formula is C19H23N3O4. The highest BCUT2D eigenvalue weighted by atomic mass is 16.5. The molecule has 0 atom stereocenters. The lowest BCUT2D eigenvalue weighted by Crippen LogP contribution is -2.33. The van der Waals surface area contributed by atoms with Crippen molar-refractivity contribution in [3.8, 4) is 11.5 Å². The zero-order chi connectivity index (χ0) is 18.5. The molecule has 138 valence electrons. The molecule has 26 heavy (non-hydrogen) atoms. The van der Waals surface area contributed by atoms with Crippen LogP contribution < -0.4 is 20.3 Å². The molecule has 0 bridgehead atoms. The molecule has 1 amide bonds. The number of methoxy groups -OCH3 is 2. The summed E-state index contributed by atoms with van der Waals surface area (Å²) in [4.78, 5) is 24.5. The predicted molar refractivity (Wildman–Crippen MR) is 97.0 cm³/mol. The number of benzene rings is 1. The number of nitrogens with one attached hydrogen (secondary N) is 1. The Kier molecular flexibility index (Phi) is 5.55. The Morgan fingerprint density at radius 2 is 1.81 bits per heavy atom. The number of amides is 1. The summed E-state index contributed by atoms with van der Waals surface area (Å²) in [6, 6.07) is 6.66. The number of nitrogens with zero attached hydrogens (tertiary/aromatic N) is 2. The molecule has 3 rings (SSSR count). The Hall–Kier alpha value is -2.83. The van der Waals surface area contributed by atoms with Crippen LogP contribution in [0.2, 0.25) is 0 Å². The summed E-state index contributed by atoms with van der Waals surface area (Å²) >= 11 is 0. The van der Waals surface area contributed by atoms with E-state index < -0.39 is 0 Å². The summed E-state index contributed by atoms with van der Waals surface area (Å²) in [6.07, 6.45) is 4.04. The number of aromatic nitrogens is 2. The maximum atomic E-state index is 12.4. The van der Waals surface area contributed by atoms with Crippen LogP contribution in [0.15, 0.2) is 29.1 Å². The highest BCUT2D eigenvalue weighted by Gasteiger charge is 2.14. The fourth-order valence-corrected chi connectivity index (χ4v) is 3.08. The van der Waals surface area contributed by atoms with E-state index in [-0.39, 0.29) is 11.5 Å². The van der Waals surface area contributed by atoms with E-state index in [2.05, 4.69) is 10.4 Å².